The van der Waals surface area contributed by atoms with Crippen LogP contribution in [-0.2, 0) is 9.59 Å². The summed E-state index contributed by atoms with van der Waals surface area (Å²) in [5.41, 5.74) is 5.27. The van der Waals surface area contributed by atoms with E-state index < -0.39 is 5.54 Å². The lowest BCUT2D eigenvalue weighted by Gasteiger charge is -2.42. The lowest BCUT2D eigenvalue weighted by Crippen LogP contribution is -2.62. The zero-order chi connectivity index (χ0) is 14.1. The van der Waals surface area contributed by atoms with Crippen LogP contribution < -0.4 is 5.73 Å². The minimum atomic E-state index is -0.835. The molecule has 1 fully saturated rings. The maximum atomic E-state index is 12.4. The third-order valence-corrected chi connectivity index (χ3v) is 3.98. The van der Waals surface area contributed by atoms with Gasteiger partial charge < -0.3 is 15.5 Å². The summed E-state index contributed by atoms with van der Waals surface area (Å²) in [5, 5.41) is 0. The van der Waals surface area contributed by atoms with E-state index in [1.807, 2.05) is 20.8 Å². The van der Waals surface area contributed by atoms with E-state index in [-0.39, 0.29) is 23.8 Å². The molecule has 1 aliphatic rings. The lowest BCUT2D eigenvalue weighted by atomic mass is 9.88. The zero-order valence-electron chi connectivity index (χ0n) is 12.1. The highest BCUT2D eigenvalue weighted by Gasteiger charge is 2.38. The van der Waals surface area contributed by atoms with Crippen LogP contribution in [-0.4, -0.2) is 52.8 Å². The standard InChI is InChI=1S/C13H25N3O2/c1-9(2)13(5,14)12(18)15-6-7-16(11(4)17)10(3)8-15/h9-10H,6-8,14H2,1-5H3/t10?,13-/m0/s1. The lowest BCUT2D eigenvalue weighted by molar-refractivity contribution is -0.145. The summed E-state index contributed by atoms with van der Waals surface area (Å²) in [5.74, 6) is 0.132. The minimum Gasteiger partial charge on any atom is -0.337 e. The van der Waals surface area contributed by atoms with Crippen molar-refractivity contribution in [3.63, 3.8) is 0 Å². The zero-order valence-corrected chi connectivity index (χ0v) is 12.1. The number of piperazine rings is 1. The molecule has 0 saturated carbocycles. The average Bonchev–Trinajstić information content (AvgIpc) is 2.26. The van der Waals surface area contributed by atoms with Gasteiger partial charge >= 0.3 is 0 Å². The first-order valence-electron chi connectivity index (χ1n) is 6.53. The quantitative estimate of drug-likeness (QED) is 0.778. The van der Waals surface area contributed by atoms with E-state index in [9.17, 15) is 9.59 Å². The summed E-state index contributed by atoms with van der Waals surface area (Å²) in [7, 11) is 0. The molecular weight excluding hydrogens is 230 g/mol. The van der Waals surface area contributed by atoms with Gasteiger partial charge in [-0.25, -0.2) is 0 Å². The molecule has 0 spiro atoms. The molecule has 0 aromatic rings. The molecule has 0 aromatic heterocycles. The third kappa shape index (κ3) is 2.83. The Morgan fingerprint density at radius 1 is 1.33 bits per heavy atom. The van der Waals surface area contributed by atoms with Gasteiger partial charge in [-0.05, 0) is 19.8 Å². The molecule has 0 aromatic carbocycles. The van der Waals surface area contributed by atoms with Crippen LogP contribution in [0.3, 0.4) is 0 Å². The van der Waals surface area contributed by atoms with E-state index in [0.29, 0.717) is 19.6 Å². The van der Waals surface area contributed by atoms with Crippen LogP contribution in [0, 0.1) is 5.92 Å². The van der Waals surface area contributed by atoms with Crippen molar-refractivity contribution in [3.05, 3.63) is 0 Å². The van der Waals surface area contributed by atoms with Gasteiger partial charge in [0.25, 0.3) is 0 Å². The average molecular weight is 255 g/mol. The van der Waals surface area contributed by atoms with Crippen LogP contribution in [0.5, 0.6) is 0 Å². The molecule has 2 N–H and O–H groups in total. The number of carbonyl (C=O) groups excluding carboxylic acids is 2. The fourth-order valence-corrected chi connectivity index (χ4v) is 2.20. The van der Waals surface area contributed by atoms with Crippen molar-refractivity contribution in [1.82, 2.24) is 9.80 Å². The molecule has 104 valence electrons. The summed E-state index contributed by atoms with van der Waals surface area (Å²) in [6, 6.07) is 0.0585. The molecule has 18 heavy (non-hydrogen) atoms. The van der Waals surface area contributed by atoms with Gasteiger partial charge in [0, 0.05) is 32.6 Å². The number of rotatable bonds is 2. The van der Waals surface area contributed by atoms with Crippen molar-refractivity contribution < 1.29 is 9.59 Å². The van der Waals surface area contributed by atoms with Crippen LogP contribution in [0.2, 0.25) is 0 Å². The van der Waals surface area contributed by atoms with E-state index in [0.717, 1.165) is 0 Å². The van der Waals surface area contributed by atoms with Gasteiger partial charge in [0.15, 0.2) is 0 Å². The second-order valence-electron chi connectivity index (χ2n) is 5.75. The number of nitrogens with zero attached hydrogens (tertiary/aromatic N) is 2. The predicted octanol–water partition coefficient (Wildman–Crippen LogP) is 0.439. The molecule has 1 aliphatic heterocycles. The van der Waals surface area contributed by atoms with Gasteiger partial charge in [0.2, 0.25) is 11.8 Å². The van der Waals surface area contributed by atoms with E-state index in [4.69, 9.17) is 5.73 Å². The Bertz CT molecular complexity index is 339. The fraction of sp³-hybridized carbons (Fsp3) is 0.846. The summed E-state index contributed by atoms with van der Waals surface area (Å²) < 4.78 is 0. The largest absolute Gasteiger partial charge is 0.337 e. The minimum absolute atomic E-state index is 0.0208. The van der Waals surface area contributed by atoms with Gasteiger partial charge in [0.05, 0.1) is 5.54 Å². The first kappa shape index (κ1) is 15.0. The topological polar surface area (TPSA) is 66.6 Å². The molecule has 5 nitrogen and oxygen atoms in total. The van der Waals surface area contributed by atoms with Crippen LogP contribution in [0.25, 0.3) is 0 Å². The number of amides is 2. The van der Waals surface area contributed by atoms with Crippen LogP contribution in [0.15, 0.2) is 0 Å². The highest BCUT2D eigenvalue weighted by Crippen LogP contribution is 2.19. The normalized spacial score (nSPS) is 24.1. The summed E-state index contributed by atoms with van der Waals surface area (Å²) in [6.07, 6.45) is 0. The number of hydrogen-bond donors (Lipinski definition) is 1. The van der Waals surface area contributed by atoms with E-state index in [2.05, 4.69) is 0 Å². The molecule has 1 unspecified atom stereocenters. The van der Waals surface area contributed by atoms with E-state index in [1.165, 1.54) is 0 Å². The first-order chi connectivity index (χ1) is 8.17. The van der Waals surface area contributed by atoms with Gasteiger partial charge in [0.1, 0.15) is 0 Å². The SMILES string of the molecule is CC(=O)N1CCN(C(=O)[C@@](C)(N)C(C)C)CC1C. The molecular formula is C13H25N3O2. The second-order valence-corrected chi connectivity index (χ2v) is 5.75. The van der Waals surface area contributed by atoms with Gasteiger partial charge in [-0.15, -0.1) is 0 Å². The van der Waals surface area contributed by atoms with Crippen molar-refractivity contribution in [2.24, 2.45) is 11.7 Å². The molecule has 0 aliphatic carbocycles. The Balaban J connectivity index is 2.72. The Labute approximate surface area is 109 Å². The van der Waals surface area contributed by atoms with Crippen LogP contribution in [0.1, 0.15) is 34.6 Å². The molecule has 1 rings (SSSR count). The molecule has 2 atom stereocenters. The number of nitrogens with two attached hydrogens (primary N) is 1. The Morgan fingerprint density at radius 2 is 1.89 bits per heavy atom. The molecule has 0 bridgehead atoms. The first-order valence-corrected chi connectivity index (χ1v) is 6.53. The van der Waals surface area contributed by atoms with Gasteiger partial charge in [-0.3, -0.25) is 9.59 Å². The number of carbonyl (C=O) groups is 2. The highest BCUT2D eigenvalue weighted by molar-refractivity contribution is 5.86. The predicted molar refractivity (Wildman–Crippen MR) is 70.9 cm³/mol. The molecule has 1 heterocycles. The Morgan fingerprint density at radius 3 is 2.28 bits per heavy atom. The number of hydrogen-bond acceptors (Lipinski definition) is 3. The van der Waals surface area contributed by atoms with E-state index in [1.54, 1.807) is 23.6 Å². The van der Waals surface area contributed by atoms with Gasteiger partial charge in [-0.1, -0.05) is 13.8 Å². The second kappa shape index (κ2) is 5.26. The summed E-state index contributed by atoms with van der Waals surface area (Å²) >= 11 is 0. The molecule has 1 saturated heterocycles. The third-order valence-electron chi connectivity index (χ3n) is 3.98. The van der Waals surface area contributed by atoms with Crippen molar-refractivity contribution >= 4 is 11.8 Å². The maximum absolute atomic E-state index is 12.4. The highest BCUT2D eigenvalue weighted by atomic mass is 16.2. The van der Waals surface area contributed by atoms with Crippen LogP contribution in [0.4, 0.5) is 0 Å². The maximum Gasteiger partial charge on any atom is 0.242 e. The molecule has 5 heteroatoms. The van der Waals surface area contributed by atoms with Crippen molar-refractivity contribution in [2.45, 2.75) is 46.2 Å². The van der Waals surface area contributed by atoms with E-state index >= 15 is 0 Å². The monoisotopic (exact) mass is 255 g/mol. The van der Waals surface area contributed by atoms with Crippen molar-refractivity contribution in [1.29, 1.82) is 0 Å². The fourth-order valence-electron chi connectivity index (χ4n) is 2.20. The molecule has 0 radical (unpaired) electrons. The summed E-state index contributed by atoms with van der Waals surface area (Å²) in [6.45, 7) is 10.9. The smallest absolute Gasteiger partial charge is 0.242 e. The molecule has 2 amide bonds. The van der Waals surface area contributed by atoms with Crippen LogP contribution >= 0.6 is 0 Å². The summed E-state index contributed by atoms with van der Waals surface area (Å²) in [4.78, 5) is 27.3. The van der Waals surface area contributed by atoms with Crippen molar-refractivity contribution in [2.75, 3.05) is 19.6 Å². The van der Waals surface area contributed by atoms with Gasteiger partial charge in [-0.2, -0.15) is 0 Å². The Kier molecular flexibility index (Phi) is 4.37. The Hall–Kier alpha value is -1.10. The van der Waals surface area contributed by atoms with Crippen molar-refractivity contribution in [3.8, 4) is 0 Å².